The normalized spacial score (nSPS) is 20.1. The SMILES string of the molecule is CCOc1ccc(C2CCCN2CC(=O)N2CCN(c3ncccn3)CC2)cc1. The molecule has 2 aliphatic heterocycles. The molecule has 2 aromatic rings. The number of piperazine rings is 1. The van der Waals surface area contributed by atoms with Gasteiger partial charge in [0.05, 0.1) is 13.2 Å². The lowest BCUT2D eigenvalue weighted by atomic mass is 10.0. The molecule has 2 fully saturated rings. The van der Waals surface area contributed by atoms with Crippen LogP contribution in [-0.4, -0.2) is 71.6 Å². The third kappa shape index (κ3) is 4.67. The van der Waals surface area contributed by atoms with Crippen LogP contribution in [0.5, 0.6) is 5.75 Å². The zero-order chi connectivity index (χ0) is 20.1. The number of benzene rings is 1. The minimum absolute atomic E-state index is 0.219. The van der Waals surface area contributed by atoms with Crippen molar-refractivity contribution in [2.45, 2.75) is 25.8 Å². The lowest BCUT2D eigenvalue weighted by Crippen LogP contribution is -2.51. The van der Waals surface area contributed by atoms with Gasteiger partial charge in [-0.3, -0.25) is 9.69 Å². The number of nitrogens with zero attached hydrogens (tertiary/aromatic N) is 5. The molecule has 0 spiro atoms. The van der Waals surface area contributed by atoms with E-state index in [1.165, 1.54) is 5.56 Å². The molecule has 1 aromatic heterocycles. The van der Waals surface area contributed by atoms with Gasteiger partial charge >= 0.3 is 0 Å². The van der Waals surface area contributed by atoms with Crippen molar-refractivity contribution in [3.05, 3.63) is 48.3 Å². The molecule has 0 saturated carbocycles. The quantitative estimate of drug-likeness (QED) is 0.748. The first-order chi connectivity index (χ1) is 14.2. The number of carbonyl (C=O) groups is 1. The monoisotopic (exact) mass is 395 g/mol. The fourth-order valence-electron chi connectivity index (χ4n) is 4.23. The second-order valence-electron chi connectivity index (χ2n) is 7.55. The van der Waals surface area contributed by atoms with Crippen molar-refractivity contribution in [1.29, 1.82) is 0 Å². The first kappa shape index (κ1) is 19.6. The summed E-state index contributed by atoms with van der Waals surface area (Å²) in [5.41, 5.74) is 1.27. The second kappa shape index (κ2) is 9.22. The third-order valence-electron chi connectivity index (χ3n) is 5.75. The molecule has 29 heavy (non-hydrogen) atoms. The number of ether oxygens (including phenoxy) is 1. The number of hydrogen-bond acceptors (Lipinski definition) is 6. The number of carbonyl (C=O) groups excluding carboxylic acids is 1. The van der Waals surface area contributed by atoms with Crippen molar-refractivity contribution in [2.24, 2.45) is 0 Å². The van der Waals surface area contributed by atoms with Crippen LogP contribution in [0.15, 0.2) is 42.7 Å². The lowest BCUT2D eigenvalue weighted by Gasteiger charge is -2.36. The van der Waals surface area contributed by atoms with E-state index in [1.54, 1.807) is 12.4 Å². The predicted octanol–water partition coefficient (Wildman–Crippen LogP) is 2.36. The summed E-state index contributed by atoms with van der Waals surface area (Å²) in [6.07, 6.45) is 5.74. The Morgan fingerprint density at radius 3 is 2.48 bits per heavy atom. The van der Waals surface area contributed by atoms with Gasteiger partial charge in [0, 0.05) is 44.6 Å². The van der Waals surface area contributed by atoms with Crippen LogP contribution in [0.4, 0.5) is 5.95 Å². The molecule has 1 amide bonds. The van der Waals surface area contributed by atoms with Gasteiger partial charge in [0.25, 0.3) is 0 Å². The van der Waals surface area contributed by atoms with Crippen LogP contribution in [0.3, 0.4) is 0 Å². The number of amides is 1. The molecule has 2 aliphatic rings. The summed E-state index contributed by atoms with van der Waals surface area (Å²) in [6.45, 7) is 7.12. The van der Waals surface area contributed by atoms with Crippen molar-refractivity contribution in [1.82, 2.24) is 19.8 Å². The highest BCUT2D eigenvalue weighted by Gasteiger charge is 2.30. The fourth-order valence-corrected chi connectivity index (χ4v) is 4.23. The van der Waals surface area contributed by atoms with Crippen LogP contribution >= 0.6 is 0 Å². The molecule has 0 N–H and O–H groups in total. The highest BCUT2D eigenvalue weighted by Crippen LogP contribution is 2.32. The number of aromatic nitrogens is 2. The van der Waals surface area contributed by atoms with Crippen molar-refractivity contribution >= 4 is 11.9 Å². The van der Waals surface area contributed by atoms with Crippen molar-refractivity contribution in [2.75, 3.05) is 50.8 Å². The van der Waals surface area contributed by atoms with Gasteiger partial charge in [-0.1, -0.05) is 12.1 Å². The topological polar surface area (TPSA) is 61.8 Å². The van der Waals surface area contributed by atoms with E-state index in [-0.39, 0.29) is 5.91 Å². The van der Waals surface area contributed by atoms with E-state index in [1.807, 2.05) is 30.0 Å². The van der Waals surface area contributed by atoms with Gasteiger partial charge < -0.3 is 14.5 Å². The maximum atomic E-state index is 12.9. The van der Waals surface area contributed by atoms with Gasteiger partial charge in [0.15, 0.2) is 0 Å². The molecule has 2 saturated heterocycles. The Morgan fingerprint density at radius 2 is 1.79 bits per heavy atom. The van der Waals surface area contributed by atoms with Gasteiger partial charge in [0.2, 0.25) is 11.9 Å². The molecule has 3 heterocycles. The molecule has 7 nitrogen and oxygen atoms in total. The van der Waals surface area contributed by atoms with E-state index in [2.05, 4.69) is 31.9 Å². The van der Waals surface area contributed by atoms with Crippen molar-refractivity contribution < 1.29 is 9.53 Å². The Hall–Kier alpha value is -2.67. The fraction of sp³-hybridized carbons (Fsp3) is 0.500. The van der Waals surface area contributed by atoms with E-state index < -0.39 is 0 Å². The minimum atomic E-state index is 0.219. The minimum Gasteiger partial charge on any atom is -0.494 e. The molecule has 1 atom stereocenters. The average molecular weight is 396 g/mol. The molecule has 0 aliphatic carbocycles. The van der Waals surface area contributed by atoms with Crippen LogP contribution in [0, 0.1) is 0 Å². The summed E-state index contributed by atoms with van der Waals surface area (Å²) >= 11 is 0. The molecule has 1 aromatic carbocycles. The van der Waals surface area contributed by atoms with Gasteiger partial charge in [-0.15, -0.1) is 0 Å². The summed E-state index contributed by atoms with van der Waals surface area (Å²) in [7, 11) is 0. The van der Waals surface area contributed by atoms with Crippen LogP contribution < -0.4 is 9.64 Å². The van der Waals surface area contributed by atoms with Crippen LogP contribution in [0.1, 0.15) is 31.4 Å². The van der Waals surface area contributed by atoms with E-state index >= 15 is 0 Å². The molecule has 0 radical (unpaired) electrons. The molecule has 1 unspecified atom stereocenters. The summed E-state index contributed by atoms with van der Waals surface area (Å²) in [6, 6.07) is 10.5. The molecule has 0 bridgehead atoms. The van der Waals surface area contributed by atoms with E-state index in [0.717, 1.165) is 57.3 Å². The number of anilines is 1. The smallest absolute Gasteiger partial charge is 0.236 e. The first-order valence-corrected chi connectivity index (χ1v) is 10.5. The van der Waals surface area contributed by atoms with E-state index in [0.29, 0.717) is 19.2 Å². The summed E-state index contributed by atoms with van der Waals surface area (Å²) in [4.78, 5) is 28.0. The molecule has 154 valence electrons. The third-order valence-corrected chi connectivity index (χ3v) is 5.75. The van der Waals surface area contributed by atoms with Crippen molar-refractivity contribution in [3.8, 4) is 5.75 Å². The molecular formula is C22H29N5O2. The predicted molar refractivity (Wildman–Crippen MR) is 112 cm³/mol. The summed E-state index contributed by atoms with van der Waals surface area (Å²) in [5.74, 6) is 1.86. The lowest BCUT2D eigenvalue weighted by molar-refractivity contribution is -0.133. The Balaban J connectivity index is 1.32. The Labute approximate surface area is 172 Å². The van der Waals surface area contributed by atoms with E-state index in [9.17, 15) is 4.79 Å². The van der Waals surface area contributed by atoms with Crippen LogP contribution in [-0.2, 0) is 4.79 Å². The molecular weight excluding hydrogens is 366 g/mol. The number of hydrogen-bond donors (Lipinski definition) is 0. The van der Waals surface area contributed by atoms with Gasteiger partial charge in [0.1, 0.15) is 5.75 Å². The standard InChI is InChI=1S/C22H29N5O2/c1-2-29-19-8-6-18(7-9-19)20-5-3-12-27(20)17-21(28)25-13-15-26(16-14-25)22-23-10-4-11-24-22/h4,6-11,20H,2-3,5,12-17H2,1H3. The first-order valence-electron chi connectivity index (χ1n) is 10.5. The Bertz CT molecular complexity index is 791. The average Bonchev–Trinajstić information content (AvgIpc) is 3.23. The highest BCUT2D eigenvalue weighted by molar-refractivity contribution is 5.78. The number of rotatable bonds is 6. The van der Waals surface area contributed by atoms with Gasteiger partial charge in [-0.2, -0.15) is 0 Å². The van der Waals surface area contributed by atoms with Crippen molar-refractivity contribution in [3.63, 3.8) is 0 Å². The van der Waals surface area contributed by atoms with E-state index in [4.69, 9.17) is 4.74 Å². The molecule has 7 heteroatoms. The largest absolute Gasteiger partial charge is 0.494 e. The maximum Gasteiger partial charge on any atom is 0.236 e. The zero-order valence-corrected chi connectivity index (χ0v) is 17.0. The second-order valence-corrected chi connectivity index (χ2v) is 7.55. The van der Waals surface area contributed by atoms with Gasteiger partial charge in [-0.05, 0) is 50.1 Å². The maximum absolute atomic E-state index is 12.9. The Kier molecular flexibility index (Phi) is 6.24. The summed E-state index contributed by atoms with van der Waals surface area (Å²) < 4.78 is 5.55. The highest BCUT2D eigenvalue weighted by atomic mass is 16.5. The van der Waals surface area contributed by atoms with Crippen LogP contribution in [0.25, 0.3) is 0 Å². The van der Waals surface area contributed by atoms with Crippen LogP contribution in [0.2, 0.25) is 0 Å². The molecule has 4 rings (SSSR count). The number of likely N-dealkylation sites (tertiary alicyclic amines) is 1. The summed E-state index contributed by atoms with van der Waals surface area (Å²) in [5, 5.41) is 0. The van der Waals surface area contributed by atoms with Gasteiger partial charge in [-0.25, -0.2) is 9.97 Å². The zero-order valence-electron chi connectivity index (χ0n) is 17.0. The Morgan fingerprint density at radius 1 is 1.07 bits per heavy atom.